The molecular weight excluding hydrogens is 1600 g/mol. The highest BCUT2D eigenvalue weighted by molar-refractivity contribution is 6.15. The summed E-state index contributed by atoms with van der Waals surface area (Å²) in [5.74, 6) is 35.1. The van der Waals surface area contributed by atoms with Gasteiger partial charge in [-0.25, -0.2) is 0 Å². The molecule has 0 radical (unpaired) electrons. The predicted molar refractivity (Wildman–Crippen MR) is 487 cm³/mol. The Morgan fingerprint density at radius 1 is 0.373 bits per heavy atom. The molecule has 0 spiro atoms. The van der Waals surface area contributed by atoms with Crippen LogP contribution in [0.2, 0.25) is 0 Å². The monoisotopic (exact) mass is 1720 g/mol. The Hall–Kier alpha value is -12.8. The minimum absolute atomic E-state index is 0.0369. The van der Waals surface area contributed by atoms with Crippen LogP contribution >= 0.6 is 0 Å². The molecule has 0 bridgehead atoms. The Bertz CT molecular complexity index is 4590. The van der Waals surface area contributed by atoms with Gasteiger partial charge < -0.3 is 40.8 Å². The van der Waals surface area contributed by atoms with E-state index in [1.807, 2.05) is 57.2 Å². The van der Waals surface area contributed by atoms with E-state index in [2.05, 4.69) is 229 Å². The van der Waals surface area contributed by atoms with Crippen LogP contribution in [0, 0.1) is 136 Å². The Morgan fingerprint density at radius 3 is 1.08 bits per heavy atom. The van der Waals surface area contributed by atoms with Gasteiger partial charge in [0.2, 0.25) is 11.8 Å². The van der Waals surface area contributed by atoms with Crippen LogP contribution < -0.4 is 26.6 Å². The molecule has 26 heteroatoms. The largest absolute Gasteiger partial charge is 0.380 e. The summed E-state index contributed by atoms with van der Waals surface area (Å²) in [6.07, 6.45) is 28.6. The first-order valence-corrected chi connectivity index (χ1v) is 41.7. The molecule has 2 aromatic carbocycles. The number of nitrogens with one attached hydrogen (secondary N) is 5. The molecule has 0 aliphatic carbocycles. The van der Waals surface area contributed by atoms with Crippen LogP contribution in [0.3, 0.4) is 0 Å². The molecule has 0 fully saturated rings. The number of carbonyl (C=O) groups excluding carboxylic acids is 13. The molecule has 7 rings (SSSR count). The summed E-state index contributed by atoms with van der Waals surface area (Å²) < 4.78 is 16.1. The highest BCUT2D eigenvalue weighted by Gasteiger charge is 2.29. The van der Waals surface area contributed by atoms with Crippen molar-refractivity contribution in [3.8, 4) is 108 Å². The van der Waals surface area contributed by atoms with Crippen LogP contribution in [0.4, 0.5) is 0 Å². The van der Waals surface area contributed by atoms with E-state index in [-0.39, 0.29) is 138 Å². The van der Waals surface area contributed by atoms with Crippen molar-refractivity contribution in [3.63, 3.8) is 0 Å². The molecule has 2 atom stereocenters. The zero-order chi connectivity index (χ0) is 94.0. The average Bonchev–Trinajstić information content (AvgIpc) is 1.65. The predicted octanol–water partition coefficient (Wildman–Crippen LogP) is 7.25. The van der Waals surface area contributed by atoms with E-state index in [9.17, 15) is 62.3 Å². The van der Waals surface area contributed by atoms with Crippen LogP contribution in [0.1, 0.15) is 154 Å². The number of benzene rings is 2. The number of terminal acetylenes is 2. The number of ketones is 1. The van der Waals surface area contributed by atoms with E-state index < -0.39 is 5.92 Å². The number of ether oxygens (including phenoxy) is 3. The van der Waals surface area contributed by atoms with Crippen LogP contribution in [0.25, 0.3) is 0 Å². The van der Waals surface area contributed by atoms with Gasteiger partial charge in [0, 0.05) is 143 Å². The van der Waals surface area contributed by atoms with Crippen molar-refractivity contribution in [3.05, 3.63) is 133 Å². The summed E-state index contributed by atoms with van der Waals surface area (Å²) >= 11 is 0. The lowest BCUT2D eigenvalue weighted by Crippen LogP contribution is -2.42. The zero-order valence-corrected chi connectivity index (χ0v) is 75.8. The van der Waals surface area contributed by atoms with E-state index in [0.29, 0.717) is 90.0 Å². The highest BCUT2D eigenvalue weighted by Crippen LogP contribution is 2.27. The van der Waals surface area contributed by atoms with E-state index in [1.165, 1.54) is 76.1 Å². The van der Waals surface area contributed by atoms with Gasteiger partial charge >= 0.3 is 0 Å². The van der Waals surface area contributed by atoms with Crippen molar-refractivity contribution in [2.45, 2.75) is 166 Å². The van der Waals surface area contributed by atoms with Crippen molar-refractivity contribution < 1.29 is 76.5 Å². The smallest absolute Gasteiger partial charge is 0.253 e. The lowest BCUT2D eigenvalue weighted by molar-refractivity contribution is -0.139. The maximum Gasteiger partial charge on any atom is 0.253 e. The van der Waals surface area contributed by atoms with E-state index in [1.54, 1.807) is 0 Å². The molecule has 5 aliphatic rings. The Morgan fingerprint density at radius 2 is 0.714 bits per heavy atom. The minimum atomic E-state index is -0.519. The molecule has 26 nitrogen and oxygen atoms in total. The third-order valence-electron chi connectivity index (χ3n) is 17.5. The second kappa shape index (κ2) is 59.9. The summed E-state index contributed by atoms with van der Waals surface area (Å²) in [7, 11) is 0. The first-order valence-electron chi connectivity index (χ1n) is 41.7. The van der Waals surface area contributed by atoms with Crippen LogP contribution in [-0.4, -0.2) is 224 Å². The van der Waals surface area contributed by atoms with Gasteiger partial charge in [0.05, 0.1) is 52.7 Å². The summed E-state index contributed by atoms with van der Waals surface area (Å²) in [6.45, 7) is 39.2. The summed E-state index contributed by atoms with van der Waals surface area (Å²) in [6, 6.07) is 20.1. The fourth-order valence-corrected chi connectivity index (χ4v) is 11.4. The average molecular weight is 1720 g/mol. The molecule has 0 saturated carbocycles. The van der Waals surface area contributed by atoms with E-state index in [4.69, 9.17) is 27.1 Å². The number of rotatable bonds is 38. The molecule has 5 aliphatic heterocycles. The number of hydrogen-bond donors (Lipinski definition) is 5. The molecule has 5 N–H and O–H groups in total. The van der Waals surface area contributed by atoms with Crippen molar-refractivity contribution in [1.29, 1.82) is 0 Å². The maximum atomic E-state index is 12.7. The number of Topliss-reactive ketones (excluding diaryl/α,β-unsaturated/α-hetero) is 1. The lowest BCUT2D eigenvalue weighted by atomic mass is 9.82. The quantitative estimate of drug-likeness (QED) is 0.0251. The lowest BCUT2D eigenvalue weighted by Gasteiger charge is -2.27. The topological polar surface area (TPSA) is 326 Å². The van der Waals surface area contributed by atoms with Gasteiger partial charge in [-0.05, 0) is 215 Å². The molecule has 0 aromatic heterocycles. The normalized spacial score (nSPS) is 13.8. The summed E-state index contributed by atoms with van der Waals surface area (Å²) in [5, 5.41) is 15.4. The van der Waals surface area contributed by atoms with Crippen molar-refractivity contribution in [2.24, 2.45) is 28.1 Å². The molecule has 2 aromatic rings. The van der Waals surface area contributed by atoms with Gasteiger partial charge in [-0.3, -0.25) is 86.8 Å². The zero-order valence-electron chi connectivity index (χ0n) is 75.8. The molecular formula is C100H124N10O16. The molecule has 126 heavy (non-hydrogen) atoms. The van der Waals surface area contributed by atoms with Crippen LogP contribution in [0.5, 0.6) is 0 Å². The molecule has 5 heterocycles. The summed E-state index contributed by atoms with van der Waals surface area (Å²) in [5.41, 5.74) is 2.96. The van der Waals surface area contributed by atoms with Crippen LogP contribution in [0.15, 0.2) is 121 Å². The van der Waals surface area contributed by atoms with Gasteiger partial charge in [-0.15, -0.1) is 12.8 Å². The Kier molecular flexibility index (Phi) is 52.0. The second-order valence-corrected chi connectivity index (χ2v) is 34.5. The number of nitrogens with zero attached hydrogens (tertiary/aromatic N) is 5. The van der Waals surface area contributed by atoms with Crippen molar-refractivity contribution in [2.75, 3.05) is 112 Å². The number of amides is 12. The molecule has 2 unspecified atom stereocenters. The van der Waals surface area contributed by atoms with Crippen molar-refractivity contribution in [1.82, 2.24) is 51.1 Å². The van der Waals surface area contributed by atoms with E-state index >= 15 is 0 Å². The van der Waals surface area contributed by atoms with E-state index in [0.717, 1.165) is 65.5 Å². The molecule has 670 valence electrons. The van der Waals surface area contributed by atoms with Gasteiger partial charge in [-0.2, -0.15) is 0 Å². The minimum Gasteiger partial charge on any atom is -0.380 e. The van der Waals surface area contributed by atoms with Gasteiger partial charge in [-0.1, -0.05) is 123 Å². The SMILES string of the molecule is C#CC#CC#CC#CC#CC#CC#CC#CC#C.CC(C)(C)CC(CNCCN1C(=O)C=CC1=O)Cc1ccccc1.CC(C)(C)CCC(=O)NCCN1C(=O)C=CC1=O.CC(C)(C)CCCOCCN1C(=O)C=CC1=O.CC(C)(C)NCC(=O)CC(Cc1ccccc1)C(=O)NCCN1C(=O)C=CC1=O.CC(C)(C)NCCOCCOCCN1C(=O)C=CC1=O. The summed E-state index contributed by atoms with van der Waals surface area (Å²) in [4.78, 5) is 156. The standard InChI is InChI=1S/C22H29N3O4.C20H28N2O2.C18H2.C14H24N2O4.C13H20N2O3.C13H21NO3/c1-22(2,3)24-15-18(26)14-17(13-16-7-5-4-6-8-16)21(29)23-11-12-25-19(27)9-10-20(25)28;1-20(2,3)14-17(13-16-7-5-4-6-8-16)15-21-11-12-22-18(23)9-10-19(22)24;1-3-5-7-9-11-13-15-17-18-16-14-12-10-8-6-4-2;1-14(2,3)15-6-8-19-10-11-20-9-7-16-12(17)4-5-13(16)18;1-13(2,3)7-6-10(16)14-8-9-15-11(17)4-5-12(15)18;1-13(2,3)7-4-9-17-10-8-14-11(15)5-6-12(14)16/h4-10,17,24H,11-15H2,1-3H3,(H,23,29);4-10,17,21H,11-15H2,1-3H3;1-2H;4-5,15H,6-11H2,1-3H3;4-5H,6-9H2,1-3H3,(H,14,16);5-6H,4,7-10H2,1-3H3. The fraction of sp³-hybridized carbons (Fsp3) is 0.470. The maximum absolute atomic E-state index is 12.7. The Labute approximate surface area is 746 Å². The number of hydrogen-bond acceptors (Lipinski definition) is 19. The first kappa shape index (κ1) is 109. The second-order valence-electron chi connectivity index (χ2n) is 34.5. The highest BCUT2D eigenvalue weighted by atomic mass is 16.5. The van der Waals surface area contributed by atoms with Gasteiger partial charge in [0.1, 0.15) is 5.78 Å². The molecule has 12 amide bonds. The van der Waals surface area contributed by atoms with Crippen molar-refractivity contribution >= 4 is 76.7 Å². The number of imide groups is 5. The third-order valence-corrected chi connectivity index (χ3v) is 17.5. The van der Waals surface area contributed by atoms with Crippen LogP contribution in [-0.2, 0) is 89.4 Å². The van der Waals surface area contributed by atoms with Gasteiger partial charge in [0.25, 0.3) is 59.1 Å². The first-order chi connectivity index (χ1) is 59.5. The fourth-order valence-electron chi connectivity index (χ4n) is 11.4. The number of carbonyl (C=O) groups is 13. The molecule has 0 saturated heterocycles. The Balaban J connectivity index is 0.000000518. The third kappa shape index (κ3) is 54.0. The van der Waals surface area contributed by atoms with Gasteiger partial charge in [0.15, 0.2) is 0 Å².